The number of phenols is 1. The van der Waals surface area contributed by atoms with Crippen molar-refractivity contribution in [2.45, 2.75) is 0 Å². The van der Waals surface area contributed by atoms with Gasteiger partial charge in [0.25, 0.3) is 0 Å². The van der Waals surface area contributed by atoms with E-state index in [4.69, 9.17) is 23.7 Å². The van der Waals surface area contributed by atoms with Gasteiger partial charge >= 0.3 is 5.97 Å². The van der Waals surface area contributed by atoms with Crippen LogP contribution in [0.4, 0.5) is 0 Å². The molecule has 0 aromatic heterocycles. The lowest BCUT2D eigenvalue weighted by molar-refractivity contribution is -0.129. The number of rotatable bonds is 6. The van der Waals surface area contributed by atoms with Crippen molar-refractivity contribution in [1.29, 1.82) is 0 Å². The molecule has 1 aliphatic rings. The zero-order valence-electron chi connectivity index (χ0n) is 15.8. The molecule has 0 saturated carbocycles. The van der Waals surface area contributed by atoms with E-state index in [0.717, 1.165) is 0 Å². The van der Waals surface area contributed by atoms with Crippen LogP contribution in [0.3, 0.4) is 0 Å². The number of hydrogen-bond acceptors (Lipinski definition) is 8. The number of methoxy groups -OCH3 is 4. The number of aliphatic imine (C=N–C) groups is 1. The minimum atomic E-state index is -0.601. The third-order valence-corrected chi connectivity index (χ3v) is 4.04. The van der Waals surface area contributed by atoms with Crippen molar-refractivity contribution < 1.29 is 33.6 Å². The fourth-order valence-corrected chi connectivity index (χ4v) is 2.68. The highest BCUT2D eigenvalue weighted by Crippen LogP contribution is 2.39. The largest absolute Gasteiger partial charge is 0.504 e. The molecule has 146 valence electrons. The fourth-order valence-electron chi connectivity index (χ4n) is 2.68. The molecule has 3 rings (SSSR count). The van der Waals surface area contributed by atoms with Gasteiger partial charge in [-0.05, 0) is 35.9 Å². The van der Waals surface area contributed by atoms with Gasteiger partial charge in [0, 0.05) is 5.56 Å². The van der Waals surface area contributed by atoms with E-state index in [0.29, 0.717) is 28.4 Å². The van der Waals surface area contributed by atoms with E-state index >= 15 is 0 Å². The molecule has 8 heteroatoms. The minimum absolute atomic E-state index is 0.000242. The summed E-state index contributed by atoms with van der Waals surface area (Å²) < 4.78 is 26.3. The smallest absolute Gasteiger partial charge is 0.363 e. The number of phenolic OH excluding ortho intramolecular Hbond substituents is 1. The van der Waals surface area contributed by atoms with Gasteiger partial charge in [-0.1, -0.05) is 6.07 Å². The number of nitrogens with zero attached hydrogens (tertiary/aromatic N) is 1. The molecule has 0 saturated heterocycles. The molecule has 1 heterocycles. The van der Waals surface area contributed by atoms with Crippen molar-refractivity contribution in [2.24, 2.45) is 4.99 Å². The van der Waals surface area contributed by atoms with Crippen LogP contribution >= 0.6 is 0 Å². The molecule has 28 heavy (non-hydrogen) atoms. The predicted octanol–water partition coefficient (Wildman–Crippen LogP) is 2.77. The van der Waals surface area contributed by atoms with Crippen LogP contribution in [0, 0.1) is 0 Å². The van der Waals surface area contributed by atoms with E-state index in [1.165, 1.54) is 40.6 Å². The summed E-state index contributed by atoms with van der Waals surface area (Å²) in [5.41, 5.74) is 1.22. The second-order valence-electron chi connectivity index (χ2n) is 5.68. The van der Waals surface area contributed by atoms with Crippen molar-refractivity contribution >= 4 is 17.9 Å². The first-order chi connectivity index (χ1) is 13.5. The van der Waals surface area contributed by atoms with Crippen LogP contribution in [0.5, 0.6) is 28.7 Å². The molecule has 2 aromatic rings. The molecule has 0 atom stereocenters. The van der Waals surface area contributed by atoms with Gasteiger partial charge in [0.05, 0.1) is 28.4 Å². The number of carbonyl (C=O) groups is 1. The van der Waals surface area contributed by atoms with Crippen LogP contribution in [-0.4, -0.2) is 45.4 Å². The summed E-state index contributed by atoms with van der Waals surface area (Å²) in [4.78, 5) is 16.5. The SMILES string of the molecule is COc1cc(/C=C2\N=C(c3cc(OC)c(OC)c(OC)c3)OC2=O)ccc1O. The van der Waals surface area contributed by atoms with Crippen LogP contribution in [0.1, 0.15) is 11.1 Å². The second-order valence-corrected chi connectivity index (χ2v) is 5.68. The quantitative estimate of drug-likeness (QED) is 0.603. The van der Waals surface area contributed by atoms with Gasteiger partial charge in [0.15, 0.2) is 28.7 Å². The molecule has 0 unspecified atom stereocenters. The van der Waals surface area contributed by atoms with Crippen molar-refractivity contribution in [1.82, 2.24) is 0 Å². The first-order valence-electron chi connectivity index (χ1n) is 8.20. The van der Waals surface area contributed by atoms with Crippen LogP contribution in [0.2, 0.25) is 0 Å². The van der Waals surface area contributed by atoms with Crippen molar-refractivity contribution in [2.75, 3.05) is 28.4 Å². The average Bonchev–Trinajstić information content (AvgIpc) is 3.08. The summed E-state index contributed by atoms with van der Waals surface area (Å²) in [6, 6.07) is 7.96. The Hall–Kier alpha value is -3.68. The lowest BCUT2D eigenvalue weighted by Gasteiger charge is -2.13. The summed E-state index contributed by atoms with van der Waals surface area (Å²) in [6.07, 6.45) is 1.54. The molecule has 1 aliphatic heterocycles. The molecular weight excluding hydrogens is 366 g/mol. The van der Waals surface area contributed by atoms with Crippen molar-refractivity contribution in [3.05, 3.63) is 47.2 Å². The van der Waals surface area contributed by atoms with Gasteiger partial charge in [0.2, 0.25) is 11.6 Å². The average molecular weight is 385 g/mol. The highest BCUT2D eigenvalue weighted by molar-refractivity contribution is 6.13. The molecule has 0 fully saturated rings. The van der Waals surface area contributed by atoms with Crippen LogP contribution in [-0.2, 0) is 9.53 Å². The summed E-state index contributed by atoms with van der Waals surface area (Å²) >= 11 is 0. The Morgan fingerprint density at radius 3 is 2.14 bits per heavy atom. The Morgan fingerprint density at radius 1 is 0.929 bits per heavy atom. The summed E-state index contributed by atoms with van der Waals surface area (Å²) in [5.74, 6) is 1.05. The number of hydrogen-bond donors (Lipinski definition) is 1. The third-order valence-electron chi connectivity index (χ3n) is 4.04. The molecular formula is C20H19NO7. The van der Waals surface area contributed by atoms with Crippen LogP contribution < -0.4 is 18.9 Å². The van der Waals surface area contributed by atoms with E-state index in [1.807, 2.05) is 0 Å². The summed E-state index contributed by atoms with van der Waals surface area (Å²) in [7, 11) is 5.93. The minimum Gasteiger partial charge on any atom is -0.504 e. The van der Waals surface area contributed by atoms with Gasteiger partial charge in [-0.15, -0.1) is 0 Å². The first-order valence-corrected chi connectivity index (χ1v) is 8.20. The predicted molar refractivity (Wildman–Crippen MR) is 101 cm³/mol. The van der Waals surface area contributed by atoms with Crippen molar-refractivity contribution in [3.8, 4) is 28.7 Å². The lowest BCUT2D eigenvalue weighted by Crippen LogP contribution is -2.06. The molecule has 0 amide bonds. The summed E-state index contributed by atoms with van der Waals surface area (Å²) in [5, 5.41) is 9.68. The van der Waals surface area contributed by atoms with Gasteiger partial charge in [0.1, 0.15) is 0 Å². The second kappa shape index (κ2) is 7.91. The molecule has 0 radical (unpaired) electrons. The normalized spacial score (nSPS) is 14.5. The maximum absolute atomic E-state index is 12.2. The van der Waals surface area contributed by atoms with E-state index < -0.39 is 5.97 Å². The lowest BCUT2D eigenvalue weighted by atomic mass is 10.1. The Kier molecular flexibility index (Phi) is 5.39. The van der Waals surface area contributed by atoms with Crippen molar-refractivity contribution in [3.63, 3.8) is 0 Å². The van der Waals surface area contributed by atoms with E-state index in [1.54, 1.807) is 24.3 Å². The van der Waals surface area contributed by atoms with E-state index in [-0.39, 0.29) is 23.1 Å². The van der Waals surface area contributed by atoms with Gasteiger partial charge in [-0.25, -0.2) is 9.79 Å². The third kappa shape index (κ3) is 3.57. The van der Waals surface area contributed by atoms with E-state index in [9.17, 15) is 9.90 Å². The van der Waals surface area contributed by atoms with Gasteiger partial charge < -0.3 is 28.8 Å². The van der Waals surface area contributed by atoms with Gasteiger partial charge in [-0.2, -0.15) is 0 Å². The van der Waals surface area contributed by atoms with E-state index in [2.05, 4.69) is 4.99 Å². The number of aromatic hydroxyl groups is 1. The maximum atomic E-state index is 12.2. The maximum Gasteiger partial charge on any atom is 0.363 e. The zero-order chi connectivity index (χ0) is 20.3. The highest BCUT2D eigenvalue weighted by atomic mass is 16.6. The fraction of sp³-hybridized carbons (Fsp3) is 0.200. The highest BCUT2D eigenvalue weighted by Gasteiger charge is 2.26. The number of cyclic esters (lactones) is 1. The molecule has 1 N–H and O–H groups in total. The molecule has 8 nitrogen and oxygen atoms in total. The Bertz CT molecular complexity index is 954. The van der Waals surface area contributed by atoms with Gasteiger partial charge in [-0.3, -0.25) is 0 Å². The molecule has 0 bridgehead atoms. The zero-order valence-corrected chi connectivity index (χ0v) is 15.8. The standard InChI is InChI=1S/C20H19NO7/c1-24-15-8-11(5-6-14(15)22)7-13-20(23)28-19(21-13)12-9-16(25-2)18(27-4)17(10-12)26-3/h5-10,22H,1-4H3/b13-7-. The first kappa shape index (κ1) is 19.1. The molecule has 0 aliphatic carbocycles. The molecule has 0 spiro atoms. The monoisotopic (exact) mass is 385 g/mol. The number of benzene rings is 2. The van der Waals surface area contributed by atoms with Crippen LogP contribution in [0.25, 0.3) is 6.08 Å². The number of ether oxygens (including phenoxy) is 5. The summed E-state index contributed by atoms with van der Waals surface area (Å²) in [6.45, 7) is 0. The Labute approximate surface area is 161 Å². The van der Waals surface area contributed by atoms with Crippen LogP contribution in [0.15, 0.2) is 41.0 Å². The number of esters is 1. The topological polar surface area (TPSA) is 95.8 Å². The number of carbonyl (C=O) groups excluding carboxylic acids is 1. The Morgan fingerprint density at radius 2 is 1.57 bits per heavy atom. The Balaban J connectivity index is 2.00. The molecule has 2 aromatic carbocycles.